The third-order valence-electron chi connectivity index (χ3n) is 10.5. The van der Waals surface area contributed by atoms with Crippen LogP contribution in [0.1, 0.15) is 78.6 Å². The number of hydrogen-bond donors (Lipinski definition) is 3. The summed E-state index contributed by atoms with van der Waals surface area (Å²) in [6, 6.07) is 0. The summed E-state index contributed by atoms with van der Waals surface area (Å²) in [5.41, 5.74) is 0.228. The number of fused-ring (bicyclic) bond motifs is 5. The molecule has 0 saturated heterocycles. The lowest BCUT2D eigenvalue weighted by atomic mass is 9.43. The molecule has 4 fully saturated rings. The average molecular weight is 423 g/mol. The van der Waals surface area contributed by atoms with E-state index in [1.165, 1.54) is 20.0 Å². The van der Waals surface area contributed by atoms with Crippen LogP contribution in [0.3, 0.4) is 0 Å². The molecule has 0 bridgehead atoms. The first kappa shape index (κ1) is 22.5. The summed E-state index contributed by atoms with van der Waals surface area (Å²) < 4.78 is 4.85. The summed E-state index contributed by atoms with van der Waals surface area (Å²) in [7, 11) is 1.46. The van der Waals surface area contributed by atoms with Gasteiger partial charge < -0.3 is 20.1 Å². The smallest absolute Gasteiger partial charge is 0.305 e. The molecule has 4 saturated carbocycles. The molecule has 3 N–H and O–H groups in total. The fraction of sp³-hybridized carbons (Fsp3) is 0.960. The summed E-state index contributed by atoms with van der Waals surface area (Å²) in [5, 5.41) is 32.3. The standard InChI is InChI=1S/C25H42O5/c1-14(5-8-21(28)30-4)15-6-7-16-22-17(9-11-24(15,16)2)25(3)12-10-19(26)23(29)18(25)13-20(22)27/h14-20,22-23,26-27,29H,5-13H2,1-4H3/t14-,15-,16+,17+,18-,19+,20-,22+,23-,24-,25-/m1/s1. The molecule has 0 aromatic rings. The molecular weight excluding hydrogens is 380 g/mol. The van der Waals surface area contributed by atoms with E-state index in [0.29, 0.717) is 48.9 Å². The summed E-state index contributed by atoms with van der Waals surface area (Å²) in [5.74, 6) is 2.18. The van der Waals surface area contributed by atoms with Gasteiger partial charge in [0.15, 0.2) is 0 Å². The highest BCUT2D eigenvalue weighted by atomic mass is 16.5. The van der Waals surface area contributed by atoms with Crippen molar-refractivity contribution in [1.29, 1.82) is 0 Å². The third-order valence-corrected chi connectivity index (χ3v) is 10.5. The lowest BCUT2D eigenvalue weighted by Crippen LogP contribution is -2.62. The van der Waals surface area contributed by atoms with Crippen LogP contribution in [-0.2, 0) is 9.53 Å². The summed E-state index contributed by atoms with van der Waals surface area (Å²) >= 11 is 0. The van der Waals surface area contributed by atoms with Gasteiger partial charge in [-0.25, -0.2) is 0 Å². The number of hydrogen-bond acceptors (Lipinski definition) is 5. The first-order valence-electron chi connectivity index (χ1n) is 12.2. The Morgan fingerprint density at radius 2 is 1.63 bits per heavy atom. The Morgan fingerprint density at radius 3 is 2.33 bits per heavy atom. The highest BCUT2D eigenvalue weighted by Gasteiger charge is 2.64. The van der Waals surface area contributed by atoms with Crippen LogP contribution in [0.4, 0.5) is 0 Å². The maximum atomic E-state index is 11.6. The van der Waals surface area contributed by atoms with Gasteiger partial charge in [-0.05, 0) is 97.7 Å². The summed E-state index contributed by atoms with van der Waals surface area (Å²) in [6.07, 6.45) is 6.47. The molecule has 4 rings (SSSR count). The van der Waals surface area contributed by atoms with Gasteiger partial charge in [0.1, 0.15) is 0 Å². The molecule has 0 heterocycles. The highest BCUT2D eigenvalue weighted by Crippen LogP contribution is 2.68. The van der Waals surface area contributed by atoms with Crippen LogP contribution in [0.25, 0.3) is 0 Å². The van der Waals surface area contributed by atoms with E-state index in [0.717, 1.165) is 25.7 Å². The van der Waals surface area contributed by atoms with Crippen LogP contribution in [0.5, 0.6) is 0 Å². The van der Waals surface area contributed by atoms with Crippen LogP contribution in [0.15, 0.2) is 0 Å². The van der Waals surface area contributed by atoms with E-state index < -0.39 is 12.2 Å². The van der Waals surface area contributed by atoms with Crippen LogP contribution in [0.2, 0.25) is 0 Å². The molecule has 0 unspecified atom stereocenters. The fourth-order valence-electron chi connectivity index (χ4n) is 8.88. The van der Waals surface area contributed by atoms with Gasteiger partial charge in [0, 0.05) is 6.42 Å². The van der Waals surface area contributed by atoms with Gasteiger partial charge in [0.2, 0.25) is 0 Å². The number of ether oxygens (including phenoxy) is 1. The van der Waals surface area contributed by atoms with Gasteiger partial charge in [-0.2, -0.15) is 0 Å². The first-order chi connectivity index (χ1) is 14.1. The predicted octanol–water partition coefficient (Wildman–Crippen LogP) is 3.54. The Labute approximate surface area is 181 Å². The Morgan fingerprint density at radius 1 is 0.967 bits per heavy atom. The quantitative estimate of drug-likeness (QED) is 0.603. The number of rotatable bonds is 4. The second kappa shape index (κ2) is 8.04. The van der Waals surface area contributed by atoms with Crippen molar-refractivity contribution < 1.29 is 24.9 Å². The van der Waals surface area contributed by atoms with Crippen molar-refractivity contribution in [3.8, 4) is 0 Å². The van der Waals surface area contributed by atoms with Crippen molar-refractivity contribution in [2.75, 3.05) is 7.11 Å². The predicted molar refractivity (Wildman–Crippen MR) is 114 cm³/mol. The number of aliphatic hydroxyl groups is 3. The second-order valence-electron chi connectivity index (χ2n) is 11.6. The highest BCUT2D eigenvalue weighted by molar-refractivity contribution is 5.69. The maximum absolute atomic E-state index is 11.6. The van der Waals surface area contributed by atoms with Gasteiger partial charge in [0.05, 0.1) is 25.4 Å². The number of esters is 1. The molecule has 30 heavy (non-hydrogen) atoms. The number of aliphatic hydroxyl groups excluding tert-OH is 3. The molecule has 0 amide bonds. The van der Waals surface area contributed by atoms with Crippen LogP contribution in [-0.4, -0.2) is 46.7 Å². The number of methoxy groups -OCH3 is 1. The molecule has 172 valence electrons. The topological polar surface area (TPSA) is 87.0 Å². The van der Waals surface area contributed by atoms with E-state index in [9.17, 15) is 20.1 Å². The Balaban J connectivity index is 1.54. The zero-order valence-electron chi connectivity index (χ0n) is 19.2. The minimum absolute atomic E-state index is 0.00182. The maximum Gasteiger partial charge on any atom is 0.305 e. The van der Waals surface area contributed by atoms with E-state index in [-0.39, 0.29) is 28.8 Å². The lowest BCUT2D eigenvalue weighted by molar-refractivity contribution is -0.206. The SMILES string of the molecule is COC(=O)CC[C@@H](C)[C@H]1CC[C@H]2[C@@H]3[C@H](O)C[C@@H]4[C@@H](O)[C@@H](O)CC[C@]4(C)[C@H]3CC[C@]12C. The Kier molecular flexibility index (Phi) is 6.04. The van der Waals surface area contributed by atoms with E-state index >= 15 is 0 Å². The van der Waals surface area contributed by atoms with Gasteiger partial charge in [0.25, 0.3) is 0 Å². The van der Waals surface area contributed by atoms with Crippen LogP contribution < -0.4 is 0 Å². The molecule has 0 spiro atoms. The average Bonchev–Trinajstić information content (AvgIpc) is 3.07. The van der Waals surface area contributed by atoms with E-state index in [4.69, 9.17) is 4.74 Å². The first-order valence-corrected chi connectivity index (χ1v) is 12.2. The Hall–Kier alpha value is -0.650. The van der Waals surface area contributed by atoms with E-state index in [1.54, 1.807) is 0 Å². The number of carbonyl (C=O) groups is 1. The van der Waals surface area contributed by atoms with E-state index in [1.807, 2.05) is 0 Å². The van der Waals surface area contributed by atoms with Gasteiger partial charge >= 0.3 is 5.97 Å². The van der Waals surface area contributed by atoms with Crippen molar-refractivity contribution in [1.82, 2.24) is 0 Å². The molecule has 0 aromatic heterocycles. The summed E-state index contributed by atoms with van der Waals surface area (Å²) in [4.78, 5) is 11.6. The van der Waals surface area contributed by atoms with E-state index in [2.05, 4.69) is 20.8 Å². The van der Waals surface area contributed by atoms with Crippen LogP contribution >= 0.6 is 0 Å². The van der Waals surface area contributed by atoms with Crippen molar-refractivity contribution in [2.45, 2.75) is 96.9 Å². The second-order valence-corrected chi connectivity index (χ2v) is 11.6. The fourth-order valence-corrected chi connectivity index (χ4v) is 8.88. The molecule has 4 aliphatic rings. The monoisotopic (exact) mass is 422 g/mol. The molecular formula is C25H42O5. The number of carbonyl (C=O) groups excluding carboxylic acids is 1. The Bertz CT molecular complexity index is 651. The minimum atomic E-state index is -0.706. The molecule has 0 aromatic carbocycles. The normalized spacial score (nSPS) is 51.4. The molecule has 0 radical (unpaired) electrons. The minimum Gasteiger partial charge on any atom is -0.469 e. The van der Waals surface area contributed by atoms with Crippen molar-refractivity contribution in [3.63, 3.8) is 0 Å². The van der Waals surface area contributed by atoms with Crippen LogP contribution in [0, 0.1) is 46.3 Å². The molecule has 0 aliphatic heterocycles. The molecule has 5 nitrogen and oxygen atoms in total. The van der Waals surface area contributed by atoms with Crippen molar-refractivity contribution in [3.05, 3.63) is 0 Å². The molecule has 11 atom stereocenters. The zero-order chi connectivity index (χ0) is 21.8. The van der Waals surface area contributed by atoms with Gasteiger partial charge in [-0.3, -0.25) is 4.79 Å². The summed E-state index contributed by atoms with van der Waals surface area (Å²) in [6.45, 7) is 7.06. The largest absolute Gasteiger partial charge is 0.469 e. The van der Waals surface area contributed by atoms with Crippen molar-refractivity contribution in [2.24, 2.45) is 46.3 Å². The zero-order valence-corrected chi connectivity index (χ0v) is 19.2. The van der Waals surface area contributed by atoms with Crippen molar-refractivity contribution >= 4 is 5.97 Å². The lowest BCUT2D eigenvalue weighted by Gasteiger charge is -2.63. The van der Waals surface area contributed by atoms with Gasteiger partial charge in [-0.1, -0.05) is 20.8 Å². The molecule has 5 heteroatoms. The molecule has 4 aliphatic carbocycles. The van der Waals surface area contributed by atoms with Gasteiger partial charge in [-0.15, -0.1) is 0 Å². The third kappa shape index (κ3) is 3.34.